The molecule has 0 bridgehead atoms. The van der Waals surface area contributed by atoms with E-state index in [4.69, 9.17) is 14.2 Å². The zero-order valence-corrected chi connectivity index (χ0v) is 20.6. The lowest BCUT2D eigenvalue weighted by atomic mass is 9.97. The Labute approximate surface area is 209 Å². The third-order valence-electron chi connectivity index (χ3n) is 6.04. The Morgan fingerprint density at radius 3 is 2.19 bits per heavy atom. The molecule has 5 atom stereocenters. The van der Waals surface area contributed by atoms with Gasteiger partial charge in [-0.15, -0.1) is 0 Å². The van der Waals surface area contributed by atoms with Crippen molar-refractivity contribution in [2.24, 2.45) is 0 Å². The number of carbonyl (C=O) groups is 1. The summed E-state index contributed by atoms with van der Waals surface area (Å²) in [6, 6.07) is 5.20. The van der Waals surface area contributed by atoms with Crippen molar-refractivity contribution in [1.29, 1.82) is 0 Å². The highest BCUT2D eigenvalue weighted by Crippen LogP contribution is 2.25. The molecule has 1 amide bonds. The first kappa shape index (κ1) is 30.3. The van der Waals surface area contributed by atoms with Crippen LogP contribution in [-0.4, -0.2) is 71.3 Å². The van der Waals surface area contributed by atoms with E-state index >= 15 is 0 Å². The second-order valence-electron chi connectivity index (χ2n) is 8.98. The molecular formula is C25H38F3NO7. The minimum atomic E-state index is -5.20. The topological polar surface area (TPSA) is 117 Å². The lowest BCUT2D eigenvalue weighted by molar-refractivity contribution is -0.275. The van der Waals surface area contributed by atoms with E-state index in [0.717, 1.165) is 12.8 Å². The molecule has 1 aromatic rings. The van der Waals surface area contributed by atoms with Gasteiger partial charge in [0.25, 0.3) is 0 Å². The van der Waals surface area contributed by atoms with Crippen LogP contribution in [0.2, 0.25) is 0 Å². The maximum atomic E-state index is 12.7. The van der Waals surface area contributed by atoms with Crippen LogP contribution in [0.5, 0.6) is 5.75 Å². The molecule has 206 valence electrons. The molecule has 1 aliphatic heterocycles. The Bertz CT molecular complexity index is 763. The largest absolute Gasteiger partial charge is 0.494 e. The molecule has 1 saturated heterocycles. The summed E-state index contributed by atoms with van der Waals surface area (Å²) in [6.07, 6.45) is -1.98. The van der Waals surface area contributed by atoms with Crippen LogP contribution in [0.15, 0.2) is 24.3 Å². The van der Waals surface area contributed by atoms with Gasteiger partial charge in [0.05, 0.1) is 19.8 Å². The molecule has 0 saturated carbocycles. The number of aliphatic hydroxyl groups excluding tert-OH is 3. The maximum Gasteiger partial charge on any atom is 0.471 e. The first-order valence-electron chi connectivity index (χ1n) is 12.5. The van der Waals surface area contributed by atoms with E-state index in [-0.39, 0.29) is 6.61 Å². The first-order valence-corrected chi connectivity index (χ1v) is 12.5. The fraction of sp³-hybridized carbons (Fsp3) is 0.720. The summed E-state index contributed by atoms with van der Waals surface area (Å²) in [6.45, 7) is 1.97. The lowest BCUT2D eigenvalue weighted by Crippen LogP contribution is -2.65. The normalized spacial score (nSPS) is 24.5. The number of unbranched alkanes of at least 4 members (excludes halogenated alkanes) is 7. The highest BCUT2D eigenvalue weighted by Gasteiger charge is 2.49. The number of nitrogens with one attached hydrogen (secondary N) is 1. The summed E-state index contributed by atoms with van der Waals surface area (Å²) in [5.74, 6) is -1.64. The molecule has 11 heteroatoms. The van der Waals surface area contributed by atoms with Gasteiger partial charge in [0.2, 0.25) is 0 Å². The predicted molar refractivity (Wildman–Crippen MR) is 125 cm³/mol. The number of halogens is 3. The quantitative estimate of drug-likeness (QED) is 0.262. The van der Waals surface area contributed by atoms with Crippen LogP contribution in [-0.2, 0) is 20.9 Å². The molecule has 0 spiro atoms. The van der Waals surface area contributed by atoms with Crippen molar-refractivity contribution in [3.05, 3.63) is 29.8 Å². The zero-order chi connectivity index (χ0) is 26.6. The predicted octanol–water partition coefficient (Wildman–Crippen LogP) is 3.21. The number of rotatable bonds is 15. The van der Waals surface area contributed by atoms with Crippen LogP contribution in [0.4, 0.5) is 13.2 Å². The van der Waals surface area contributed by atoms with Crippen molar-refractivity contribution >= 4 is 5.91 Å². The molecule has 4 N–H and O–H groups in total. The monoisotopic (exact) mass is 521 g/mol. The lowest BCUT2D eigenvalue weighted by Gasteiger charge is -2.42. The molecular weight excluding hydrogens is 483 g/mol. The van der Waals surface area contributed by atoms with Crippen molar-refractivity contribution in [3.63, 3.8) is 0 Å². The Morgan fingerprint density at radius 2 is 1.61 bits per heavy atom. The average molecular weight is 522 g/mol. The Hall–Kier alpha value is -1.92. The fourth-order valence-electron chi connectivity index (χ4n) is 3.90. The summed E-state index contributed by atoms with van der Waals surface area (Å²) in [5.41, 5.74) is 0.639. The van der Waals surface area contributed by atoms with Gasteiger partial charge in [0, 0.05) is 0 Å². The summed E-state index contributed by atoms with van der Waals surface area (Å²) in [5, 5.41) is 31.1. The summed E-state index contributed by atoms with van der Waals surface area (Å²) >= 11 is 0. The van der Waals surface area contributed by atoms with Gasteiger partial charge in [-0.3, -0.25) is 4.79 Å². The van der Waals surface area contributed by atoms with Crippen molar-refractivity contribution < 1.29 is 47.5 Å². The minimum absolute atomic E-state index is 0.123. The third kappa shape index (κ3) is 9.85. The minimum Gasteiger partial charge on any atom is -0.494 e. The Morgan fingerprint density at radius 1 is 1.00 bits per heavy atom. The molecule has 1 aromatic carbocycles. The molecule has 1 aliphatic rings. The van der Waals surface area contributed by atoms with Crippen LogP contribution < -0.4 is 10.1 Å². The molecule has 1 heterocycles. The van der Waals surface area contributed by atoms with Gasteiger partial charge in [-0.1, -0.05) is 64.0 Å². The number of hydrogen-bond donors (Lipinski definition) is 4. The molecule has 0 aromatic heterocycles. The van der Waals surface area contributed by atoms with E-state index in [0.29, 0.717) is 17.9 Å². The Kier molecular flexibility index (Phi) is 12.9. The summed E-state index contributed by atoms with van der Waals surface area (Å²) < 4.78 is 54.7. The van der Waals surface area contributed by atoms with Gasteiger partial charge in [0.15, 0.2) is 6.29 Å². The number of benzene rings is 1. The summed E-state index contributed by atoms with van der Waals surface area (Å²) in [4.78, 5) is 11.4. The highest BCUT2D eigenvalue weighted by molar-refractivity contribution is 5.82. The number of carbonyl (C=O) groups excluding carboxylic acids is 1. The van der Waals surface area contributed by atoms with Crippen molar-refractivity contribution in [2.45, 2.75) is 102 Å². The van der Waals surface area contributed by atoms with E-state index in [9.17, 15) is 33.3 Å². The van der Waals surface area contributed by atoms with Gasteiger partial charge in [-0.2, -0.15) is 13.2 Å². The number of hydrogen-bond acceptors (Lipinski definition) is 7. The van der Waals surface area contributed by atoms with E-state index in [2.05, 4.69) is 6.92 Å². The number of aliphatic hydroxyl groups is 3. The van der Waals surface area contributed by atoms with E-state index in [1.807, 2.05) is 0 Å². The van der Waals surface area contributed by atoms with Crippen molar-refractivity contribution in [1.82, 2.24) is 5.32 Å². The van der Waals surface area contributed by atoms with Crippen LogP contribution in [0.25, 0.3) is 0 Å². The van der Waals surface area contributed by atoms with Crippen molar-refractivity contribution in [2.75, 3.05) is 13.2 Å². The second-order valence-corrected chi connectivity index (χ2v) is 8.98. The molecule has 0 radical (unpaired) electrons. The smallest absolute Gasteiger partial charge is 0.471 e. The third-order valence-corrected chi connectivity index (χ3v) is 6.04. The van der Waals surface area contributed by atoms with Gasteiger partial charge in [-0.05, 0) is 24.1 Å². The molecule has 1 fully saturated rings. The zero-order valence-electron chi connectivity index (χ0n) is 20.6. The second kappa shape index (κ2) is 15.4. The number of amides is 1. The summed E-state index contributed by atoms with van der Waals surface area (Å²) in [7, 11) is 0. The van der Waals surface area contributed by atoms with Crippen LogP contribution in [0.1, 0.15) is 63.9 Å². The van der Waals surface area contributed by atoms with Crippen LogP contribution in [0.3, 0.4) is 0 Å². The molecule has 0 unspecified atom stereocenters. The molecule has 8 nitrogen and oxygen atoms in total. The maximum absolute atomic E-state index is 12.7. The number of alkyl halides is 3. The number of ether oxygens (including phenoxy) is 3. The van der Waals surface area contributed by atoms with Gasteiger partial charge >= 0.3 is 12.1 Å². The molecule has 2 rings (SSSR count). The molecule has 0 aliphatic carbocycles. The fourth-order valence-corrected chi connectivity index (χ4v) is 3.90. The highest BCUT2D eigenvalue weighted by atomic mass is 19.4. The van der Waals surface area contributed by atoms with Crippen LogP contribution >= 0.6 is 0 Å². The average Bonchev–Trinajstić information content (AvgIpc) is 2.85. The molecule has 36 heavy (non-hydrogen) atoms. The SMILES string of the molecule is CCCCCCCCCCOc1ccc(CO[C@@H]2O[C@H](CO)[C@@H](O)[C@H](O)[C@H]2NC(=O)C(F)(F)F)cc1. The Balaban J connectivity index is 1.82. The van der Waals surface area contributed by atoms with E-state index in [1.54, 1.807) is 29.6 Å². The van der Waals surface area contributed by atoms with Gasteiger partial charge in [-0.25, -0.2) is 0 Å². The standard InChI is InChI=1S/C25H38F3NO7/c1-2-3-4-5-6-7-8-9-14-34-18-12-10-17(11-13-18)16-35-23-20(29-24(33)25(26,27)28)22(32)21(31)19(15-30)36-23/h10-13,19-23,30-32H,2-9,14-16H2,1H3,(H,29,33)/t19-,20-,21-,22-,23-/m1/s1. The van der Waals surface area contributed by atoms with E-state index in [1.165, 1.54) is 38.5 Å². The van der Waals surface area contributed by atoms with Crippen molar-refractivity contribution in [3.8, 4) is 5.75 Å². The van der Waals surface area contributed by atoms with Gasteiger partial charge < -0.3 is 34.8 Å². The van der Waals surface area contributed by atoms with E-state index < -0.39 is 49.3 Å². The van der Waals surface area contributed by atoms with Crippen LogP contribution in [0, 0.1) is 0 Å². The first-order chi connectivity index (χ1) is 17.2. The van der Waals surface area contributed by atoms with Gasteiger partial charge in [0.1, 0.15) is 30.1 Å².